The van der Waals surface area contributed by atoms with E-state index >= 15 is 0 Å². The van der Waals surface area contributed by atoms with Gasteiger partial charge in [0, 0.05) is 17.6 Å². The molecule has 1 heterocycles. The van der Waals surface area contributed by atoms with Gasteiger partial charge in [0.2, 0.25) is 0 Å². The van der Waals surface area contributed by atoms with Crippen LogP contribution in [0.3, 0.4) is 0 Å². The van der Waals surface area contributed by atoms with Crippen LogP contribution in [0.25, 0.3) is 0 Å². The second-order valence-corrected chi connectivity index (χ2v) is 9.82. The molecule has 0 bridgehead atoms. The van der Waals surface area contributed by atoms with E-state index in [4.69, 9.17) is 11.6 Å². The Balaban J connectivity index is 1.80. The van der Waals surface area contributed by atoms with Crippen molar-refractivity contribution in [1.82, 2.24) is 5.32 Å². The first-order valence-electron chi connectivity index (χ1n) is 7.53. The third-order valence-corrected chi connectivity index (χ3v) is 7.37. The molecule has 3 rings (SSSR count). The highest BCUT2D eigenvalue weighted by molar-refractivity contribution is 7.92. The summed E-state index contributed by atoms with van der Waals surface area (Å²) in [6.45, 7) is 4.99. The third-order valence-electron chi connectivity index (χ3n) is 4.86. The van der Waals surface area contributed by atoms with E-state index in [-0.39, 0.29) is 16.7 Å². The molecule has 0 amide bonds. The van der Waals surface area contributed by atoms with Gasteiger partial charge in [0.05, 0.1) is 11.0 Å². The Labute approximate surface area is 132 Å². The molecule has 3 nitrogen and oxygen atoms in total. The molecule has 1 fully saturated rings. The largest absolute Gasteiger partial charge is 0.308 e. The lowest BCUT2D eigenvalue weighted by molar-refractivity contribution is 0.269. The van der Waals surface area contributed by atoms with E-state index in [1.54, 1.807) is 0 Å². The molecule has 1 N–H and O–H groups in total. The van der Waals surface area contributed by atoms with Crippen LogP contribution in [0.1, 0.15) is 43.9 Å². The quantitative estimate of drug-likeness (QED) is 0.927. The van der Waals surface area contributed by atoms with E-state index in [2.05, 4.69) is 25.2 Å². The number of nitrogens with one attached hydrogen (secondary N) is 1. The fraction of sp³-hybridized carbons (Fsp3) is 0.625. The first-order valence-corrected chi connectivity index (χ1v) is 9.62. The van der Waals surface area contributed by atoms with Crippen molar-refractivity contribution < 1.29 is 8.42 Å². The number of hydrogen-bond acceptors (Lipinski definition) is 3. The summed E-state index contributed by atoms with van der Waals surface area (Å²) in [5, 5.41) is 4.03. The predicted octanol–water partition coefficient (Wildman–Crippen LogP) is 3.13. The summed E-state index contributed by atoms with van der Waals surface area (Å²) in [6, 6.07) is 6.21. The Hall–Kier alpha value is -0.580. The maximum Gasteiger partial charge on any atom is 0.154 e. The van der Waals surface area contributed by atoms with Gasteiger partial charge < -0.3 is 5.32 Å². The summed E-state index contributed by atoms with van der Waals surface area (Å²) in [6.07, 6.45) is 2.57. The van der Waals surface area contributed by atoms with E-state index in [1.165, 1.54) is 11.1 Å². The van der Waals surface area contributed by atoms with Crippen LogP contribution in [-0.2, 0) is 16.3 Å². The molecule has 2 atom stereocenters. The zero-order chi connectivity index (χ0) is 15.3. The fourth-order valence-electron chi connectivity index (χ4n) is 3.73. The van der Waals surface area contributed by atoms with E-state index in [0.717, 1.165) is 24.3 Å². The molecule has 5 heteroatoms. The molecule has 1 aromatic carbocycles. The van der Waals surface area contributed by atoms with Crippen molar-refractivity contribution in [1.29, 1.82) is 0 Å². The average Bonchev–Trinajstić information content (AvgIpc) is 2.83. The first-order chi connectivity index (χ1) is 9.79. The van der Waals surface area contributed by atoms with Crippen LogP contribution < -0.4 is 5.32 Å². The standard InChI is InChI=1S/C16H22ClNO2S/c1-16(2)9-11-5-6-12(17)8-14(11)15(16)18-10-13-4-3-7-21(13,19)20/h5-6,8,13,15,18H,3-4,7,9-10H2,1-2H3. The summed E-state index contributed by atoms with van der Waals surface area (Å²) in [5.74, 6) is 0.343. The van der Waals surface area contributed by atoms with Crippen molar-refractivity contribution in [2.24, 2.45) is 5.41 Å². The van der Waals surface area contributed by atoms with Gasteiger partial charge >= 0.3 is 0 Å². The summed E-state index contributed by atoms with van der Waals surface area (Å²) in [5.41, 5.74) is 2.62. The topological polar surface area (TPSA) is 46.2 Å². The molecule has 0 aromatic heterocycles. The van der Waals surface area contributed by atoms with E-state index in [9.17, 15) is 8.42 Å². The SMILES string of the molecule is CC1(C)Cc2ccc(Cl)cc2C1NCC1CCCS1(=O)=O. The van der Waals surface area contributed by atoms with Gasteiger partial charge in [-0.2, -0.15) is 0 Å². The van der Waals surface area contributed by atoms with E-state index in [0.29, 0.717) is 12.3 Å². The van der Waals surface area contributed by atoms with Crippen LogP contribution in [0, 0.1) is 5.41 Å². The van der Waals surface area contributed by atoms with Crippen LogP contribution in [-0.4, -0.2) is 26.0 Å². The lowest BCUT2D eigenvalue weighted by Gasteiger charge is -2.29. The van der Waals surface area contributed by atoms with E-state index in [1.807, 2.05) is 12.1 Å². The second-order valence-electron chi connectivity index (χ2n) is 6.98. The number of halogens is 1. The summed E-state index contributed by atoms with van der Waals surface area (Å²) >= 11 is 6.13. The normalized spacial score (nSPS) is 29.5. The van der Waals surface area contributed by atoms with Crippen molar-refractivity contribution in [3.8, 4) is 0 Å². The fourth-order valence-corrected chi connectivity index (χ4v) is 5.69. The smallest absolute Gasteiger partial charge is 0.154 e. The lowest BCUT2D eigenvalue weighted by Crippen LogP contribution is -2.37. The molecule has 1 aliphatic carbocycles. The van der Waals surface area contributed by atoms with Gasteiger partial charge in [0.25, 0.3) is 0 Å². The molecule has 2 aliphatic rings. The van der Waals surface area contributed by atoms with Gasteiger partial charge in [0.1, 0.15) is 0 Å². The minimum absolute atomic E-state index is 0.0788. The summed E-state index contributed by atoms with van der Waals surface area (Å²) < 4.78 is 23.9. The zero-order valence-electron chi connectivity index (χ0n) is 12.5. The third kappa shape index (κ3) is 2.86. The monoisotopic (exact) mass is 327 g/mol. The second kappa shape index (κ2) is 5.25. The van der Waals surface area contributed by atoms with Gasteiger partial charge in [-0.3, -0.25) is 0 Å². The van der Waals surface area contributed by atoms with Crippen LogP contribution in [0.2, 0.25) is 5.02 Å². The Kier molecular flexibility index (Phi) is 3.83. The highest BCUT2D eigenvalue weighted by Gasteiger charge is 2.40. The molecule has 0 spiro atoms. The van der Waals surface area contributed by atoms with Gasteiger partial charge in [-0.25, -0.2) is 8.42 Å². The molecule has 116 valence electrons. The zero-order valence-corrected chi connectivity index (χ0v) is 14.1. The Morgan fingerprint density at radius 1 is 1.38 bits per heavy atom. The number of rotatable bonds is 3. The number of benzene rings is 1. The predicted molar refractivity (Wildman–Crippen MR) is 86.5 cm³/mol. The van der Waals surface area contributed by atoms with Gasteiger partial charge in [-0.05, 0) is 47.9 Å². The van der Waals surface area contributed by atoms with Gasteiger partial charge in [-0.1, -0.05) is 31.5 Å². The molecule has 1 saturated heterocycles. The van der Waals surface area contributed by atoms with Crippen LogP contribution >= 0.6 is 11.6 Å². The summed E-state index contributed by atoms with van der Waals surface area (Å²) in [4.78, 5) is 0. The minimum atomic E-state index is -2.89. The Bertz CT molecular complexity index is 654. The average molecular weight is 328 g/mol. The Morgan fingerprint density at radius 2 is 2.14 bits per heavy atom. The van der Waals surface area contributed by atoms with Crippen molar-refractivity contribution in [3.63, 3.8) is 0 Å². The van der Waals surface area contributed by atoms with Crippen LogP contribution in [0.4, 0.5) is 0 Å². The highest BCUT2D eigenvalue weighted by Crippen LogP contribution is 2.46. The highest BCUT2D eigenvalue weighted by atomic mass is 35.5. The van der Waals surface area contributed by atoms with Crippen LogP contribution in [0.5, 0.6) is 0 Å². The van der Waals surface area contributed by atoms with E-state index < -0.39 is 9.84 Å². The van der Waals surface area contributed by atoms with Crippen LogP contribution in [0.15, 0.2) is 18.2 Å². The van der Waals surface area contributed by atoms with Crippen molar-refractivity contribution in [3.05, 3.63) is 34.3 Å². The first kappa shape index (κ1) is 15.3. The van der Waals surface area contributed by atoms with Gasteiger partial charge in [0.15, 0.2) is 9.84 Å². The molecular formula is C16H22ClNO2S. The maximum absolute atomic E-state index is 12.0. The Morgan fingerprint density at radius 3 is 2.81 bits per heavy atom. The van der Waals surface area contributed by atoms with Gasteiger partial charge in [-0.15, -0.1) is 0 Å². The maximum atomic E-state index is 12.0. The summed E-state index contributed by atoms with van der Waals surface area (Å²) in [7, 11) is -2.89. The molecule has 2 unspecified atom stereocenters. The number of hydrogen-bond donors (Lipinski definition) is 1. The van der Waals surface area contributed by atoms with Crippen molar-refractivity contribution in [2.45, 2.75) is 44.4 Å². The lowest BCUT2D eigenvalue weighted by atomic mass is 9.85. The molecule has 21 heavy (non-hydrogen) atoms. The molecule has 0 radical (unpaired) electrons. The molecule has 0 saturated carbocycles. The minimum Gasteiger partial charge on any atom is -0.308 e. The number of fused-ring (bicyclic) bond motifs is 1. The molecule has 1 aliphatic heterocycles. The van der Waals surface area contributed by atoms with Crippen molar-refractivity contribution >= 4 is 21.4 Å². The number of sulfone groups is 1. The van der Waals surface area contributed by atoms with Crippen molar-refractivity contribution in [2.75, 3.05) is 12.3 Å². The molecular weight excluding hydrogens is 306 g/mol. The molecule has 1 aromatic rings.